The summed E-state index contributed by atoms with van der Waals surface area (Å²) in [4.78, 5) is 38.2. The predicted molar refractivity (Wildman–Crippen MR) is 142 cm³/mol. The molecule has 3 amide bonds. The minimum Gasteiger partial charge on any atom is -0.391 e. The van der Waals surface area contributed by atoms with Crippen LogP contribution in [0.25, 0.3) is 0 Å². The quantitative estimate of drug-likeness (QED) is 0.130. The van der Waals surface area contributed by atoms with E-state index in [0.717, 1.165) is 18.5 Å². The van der Waals surface area contributed by atoms with Crippen molar-refractivity contribution in [3.05, 3.63) is 65.2 Å². The molecule has 2 aromatic rings. The lowest BCUT2D eigenvalue weighted by molar-refractivity contribution is -0.133. The van der Waals surface area contributed by atoms with E-state index in [1.165, 1.54) is 31.7 Å². The molecular weight excluding hydrogens is 472 g/mol. The maximum absolute atomic E-state index is 12.4. The lowest BCUT2D eigenvalue weighted by Gasteiger charge is -2.19. The molecule has 0 spiro atoms. The first-order valence-corrected chi connectivity index (χ1v) is 12.4. The molecule has 0 saturated heterocycles. The van der Waals surface area contributed by atoms with Crippen LogP contribution in [0.3, 0.4) is 0 Å². The number of carbonyl (C=O) groups is 3. The summed E-state index contributed by atoms with van der Waals surface area (Å²) >= 11 is 0. The minimum atomic E-state index is -1.29. The van der Waals surface area contributed by atoms with Crippen molar-refractivity contribution in [2.24, 2.45) is 0 Å². The third kappa shape index (κ3) is 10.4. The molecule has 2 atom stereocenters. The Morgan fingerprint density at radius 1 is 0.946 bits per heavy atom. The first-order chi connectivity index (χ1) is 17.7. The van der Waals surface area contributed by atoms with Gasteiger partial charge in [-0.1, -0.05) is 38.0 Å². The van der Waals surface area contributed by atoms with Gasteiger partial charge in [-0.2, -0.15) is 0 Å². The Morgan fingerprint density at radius 2 is 1.54 bits per heavy atom. The molecule has 0 bridgehead atoms. The molecule has 0 aromatic heterocycles. The van der Waals surface area contributed by atoms with Crippen molar-refractivity contribution < 1.29 is 24.7 Å². The number of carbonyl (C=O) groups excluding carboxylic acids is 3. The van der Waals surface area contributed by atoms with Crippen LogP contribution in [0.5, 0.6) is 0 Å². The van der Waals surface area contributed by atoms with Gasteiger partial charge < -0.3 is 15.7 Å². The predicted octanol–water partition coefficient (Wildman–Crippen LogP) is 2.52. The highest BCUT2D eigenvalue weighted by atomic mass is 16.5. The number of hydrogen-bond donors (Lipinski definition) is 5. The van der Waals surface area contributed by atoms with Gasteiger partial charge in [0.05, 0.1) is 12.6 Å². The van der Waals surface area contributed by atoms with Crippen LogP contribution < -0.4 is 16.1 Å². The largest absolute Gasteiger partial charge is 0.391 e. The van der Waals surface area contributed by atoms with E-state index in [0.29, 0.717) is 17.8 Å². The monoisotopic (exact) mass is 508 g/mol. The summed E-state index contributed by atoms with van der Waals surface area (Å²) in [5.41, 5.74) is 3.84. The Hall–Kier alpha value is -3.71. The van der Waals surface area contributed by atoms with E-state index in [1.807, 2.05) is 24.1 Å². The molecular formula is C28H36N4O5. The number of hydrogen-bond acceptors (Lipinski definition) is 6. The number of anilines is 1. The SMILES string of the molecule is CCCCCCN(C)CC(=O)Nc1ccc(C#Cc2ccc(C(=O)N[C@H](C(=O)NO)[C@@H](C)O)cc2)cc1. The summed E-state index contributed by atoms with van der Waals surface area (Å²) in [6, 6.07) is 12.4. The van der Waals surface area contributed by atoms with Gasteiger partial charge in [-0.15, -0.1) is 0 Å². The normalized spacial score (nSPS) is 12.2. The summed E-state index contributed by atoms with van der Waals surface area (Å²) < 4.78 is 0. The van der Waals surface area contributed by atoms with Gasteiger partial charge in [0.25, 0.3) is 11.8 Å². The molecule has 0 aliphatic heterocycles. The molecule has 0 aliphatic rings. The van der Waals surface area contributed by atoms with Crippen LogP contribution in [0, 0.1) is 11.8 Å². The van der Waals surface area contributed by atoms with Crippen LogP contribution in [0.2, 0.25) is 0 Å². The van der Waals surface area contributed by atoms with E-state index in [-0.39, 0.29) is 11.5 Å². The number of likely N-dealkylation sites (N-methyl/N-ethyl adjacent to an activating group) is 1. The summed E-state index contributed by atoms with van der Waals surface area (Å²) in [5.74, 6) is 4.51. The van der Waals surface area contributed by atoms with E-state index in [4.69, 9.17) is 5.21 Å². The first-order valence-electron chi connectivity index (χ1n) is 12.4. The fourth-order valence-corrected chi connectivity index (χ4v) is 3.52. The number of aliphatic hydroxyl groups excluding tert-OH is 1. The molecule has 5 N–H and O–H groups in total. The van der Waals surface area contributed by atoms with Crippen LogP contribution >= 0.6 is 0 Å². The Balaban J connectivity index is 1.89. The number of amides is 3. The van der Waals surface area contributed by atoms with Crippen molar-refractivity contribution in [3.63, 3.8) is 0 Å². The zero-order valence-electron chi connectivity index (χ0n) is 21.6. The van der Waals surface area contributed by atoms with Gasteiger partial charge in [0.15, 0.2) is 0 Å². The molecule has 198 valence electrons. The van der Waals surface area contributed by atoms with Crippen LogP contribution in [0.15, 0.2) is 48.5 Å². The summed E-state index contributed by atoms with van der Waals surface area (Å²) in [5, 5.41) is 23.7. The van der Waals surface area contributed by atoms with Crippen molar-refractivity contribution in [1.29, 1.82) is 0 Å². The van der Waals surface area contributed by atoms with E-state index in [1.54, 1.807) is 36.4 Å². The zero-order valence-corrected chi connectivity index (χ0v) is 21.6. The average molecular weight is 509 g/mol. The van der Waals surface area contributed by atoms with E-state index < -0.39 is 24.0 Å². The van der Waals surface area contributed by atoms with Crippen molar-refractivity contribution >= 4 is 23.4 Å². The fraction of sp³-hybridized carbons (Fsp3) is 0.393. The molecule has 0 heterocycles. The van der Waals surface area contributed by atoms with Gasteiger partial charge in [0.1, 0.15) is 6.04 Å². The van der Waals surface area contributed by atoms with Crippen LogP contribution in [0.1, 0.15) is 61.0 Å². The van der Waals surface area contributed by atoms with Gasteiger partial charge in [-0.25, -0.2) is 5.48 Å². The number of aliphatic hydroxyl groups is 1. The molecule has 2 rings (SSSR count). The van der Waals surface area contributed by atoms with E-state index in [9.17, 15) is 19.5 Å². The Bertz CT molecular complexity index is 1090. The number of hydroxylamine groups is 1. The second-order valence-corrected chi connectivity index (χ2v) is 8.92. The number of unbranched alkanes of at least 4 members (excludes halogenated alkanes) is 3. The van der Waals surface area contributed by atoms with Crippen molar-refractivity contribution in [2.75, 3.05) is 25.5 Å². The summed E-state index contributed by atoms with van der Waals surface area (Å²) in [6.07, 6.45) is 3.49. The second kappa shape index (κ2) is 15.4. The van der Waals surface area contributed by atoms with Crippen LogP contribution in [-0.2, 0) is 9.59 Å². The van der Waals surface area contributed by atoms with Gasteiger partial charge in [-0.05, 0) is 75.5 Å². The maximum atomic E-state index is 12.4. The molecule has 0 saturated carbocycles. The molecule has 37 heavy (non-hydrogen) atoms. The molecule has 2 aromatic carbocycles. The molecule has 0 unspecified atom stereocenters. The fourth-order valence-electron chi connectivity index (χ4n) is 3.52. The number of benzene rings is 2. The number of nitrogens with zero attached hydrogens (tertiary/aromatic N) is 1. The Labute approximate surface area is 218 Å². The van der Waals surface area contributed by atoms with Gasteiger partial charge in [0, 0.05) is 22.4 Å². The molecule has 0 radical (unpaired) electrons. The molecule has 9 heteroatoms. The maximum Gasteiger partial charge on any atom is 0.268 e. The first kappa shape index (κ1) is 29.5. The van der Waals surface area contributed by atoms with Crippen molar-refractivity contribution in [3.8, 4) is 11.8 Å². The van der Waals surface area contributed by atoms with Gasteiger partial charge >= 0.3 is 0 Å². The average Bonchev–Trinajstić information content (AvgIpc) is 2.88. The summed E-state index contributed by atoms with van der Waals surface area (Å²) in [7, 11) is 1.95. The highest BCUT2D eigenvalue weighted by molar-refractivity contribution is 5.97. The highest BCUT2D eigenvalue weighted by Crippen LogP contribution is 2.10. The third-order valence-corrected chi connectivity index (χ3v) is 5.64. The topological polar surface area (TPSA) is 131 Å². The van der Waals surface area contributed by atoms with Gasteiger partial charge in [-0.3, -0.25) is 24.5 Å². The smallest absolute Gasteiger partial charge is 0.268 e. The number of rotatable bonds is 12. The van der Waals surface area contributed by atoms with E-state index in [2.05, 4.69) is 29.4 Å². The molecule has 0 fully saturated rings. The van der Waals surface area contributed by atoms with E-state index >= 15 is 0 Å². The standard InChI is InChI=1S/C28H36N4O5/c1-4-5-6-7-18-32(3)19-25(34)29-24-16-12-22(13-17-24)9-8-21-10-14-23(15-11-21)27(35)30-26(20(2)33)28(36)31-37/h10-17,20,26,33,37H,4-7,18-19H2,1-3H3,(H,29,34)(H,30,35)(H,31,36)/t20-,26+/m1/s1. The lowest BCUT2D eigenvalue weighted by Crippen LogP contribution is -2.51. The number of nitrogens with one attached hydrogen (secondary N) is 3. The van der Waals surface area contributed by atoms with Crippen LogP contribution in [-0.4, -0.2) is 65.2 Å². The third-order valence-electron chi connectivity index (χ3n) is 5.64. The molecule has 9 nitrogen and oxygen atoms in total. The van der Waals surface area contributed by atoms with Crippen molar-refractivity contribution in [2.45, 2.75) is 51.7 Å². The minimum absolute atomic E-state index is 0.0577. The Morgan fingerprint density at radius 3 is 2.08 bits per heavy atom. The van der Waals surface area contributed by atoms with Crippen molar-refractivity contribution in [1.82, 2.24) is 15.7 Å². The molecule has 0 aliphatic carbocycles. The highest BCUT2D eigenvalue weighted by Gasteiger charge is 2.25. The Kier molecular flexibility index (Phi) is 12.3. The summed E-state index contributed by atoms with van der Waals surface area (Å²) in [6.45, 7) is 4.75. The zero-order chi connectivity index (χ0) is 27.2. The van der Waals surface area contributed by atoms with Crippen LogP contribution in [0.4, 0.5) is 5.69 Å². The lowest BCUT2D eigenvalue weighted by atomic mass is 10.1. The van der Waals surface area contributed by atoms with Gasteiger partial charge in [0.2, 0.25) is 5.91 Å². The second-order valence-electron chi connectivity index (χ2n) is 8.92.